The van der Waals surface area contributed by atoms with Crippen molar-refractivity contribution in [2.45, 2.75) is 19.4 Å². The highest BCUT2D eigenvalue weighted by molar-refractivity contribution is 7.10. The lowest BCUT2D eigenvalue weighted by molar-refractivity contribution is 0.239. The molecule has 2 N–H and O–H groups in total. The molecular weight excluding hydrogens is 184 g/mol. The van der Waals surface area contributed by atoms with Crippen LogP contribution in [-0.2, 0) is 0 Å². The lowest BCUT2D eigenvalue weighted by Crippen LogP contribution is -2.35. The minimum absolute atomic E-state index is 0.125. The Kier molecular flexibility index (Phi) is 3.76. The van der Waals surface area contributed by atoms with Gasteiger partial charge in [-0.3, -0.25) is 0 Å². The second kappa shape index (κ2) is 4.87. The van der Waals surface area contributed by atoms with E-state index in [0.717, 1.165) is 6.42 Å². The van der Waals surface area contributed by atoms with Crippen LogP contribution in [0.15, 0.2) is 17.5 Å². The summed E-state index contributed by atoms with van der Waals surface area (Å²) in [6.07, 6.45) is 0.911. The lowest BCUT2D eigenvalue weighted by atomic mass is 10.2. The van der Waals surface area contributed by atoms with E-state index < -0.39 is 0 Å². The molecule has 0 aliphatic heterocycles. The minimum atomic E-state index is -0.125. The van der Waals surface area contributed by atoms with E-state index in [0.29, 0.717) is 0 Å². The third-order valence-electron chi connectivity index (χ3n) is 1.83. The van der Waals surface area contributed by atoms with Crippen LogP contribution in [0.2, 0.25) is 0 Å². The first-order valence-electron chi connectivity index (χ1n) is 4.29. The van der Waals surface area contributed by atoms with Gasteiger partial charge >= 0.3 is 6.03 Å². The van der Waals surface area contributed by atoms with Crippen molar-refractivity contribution in [2.24, 2.45) is 0 Å². The molecule has 0 saturated heterocycles. The van der Waals surface area contributed by atoms with Crippen LogP contribution in [-0.4, -0.2) is 13.1 Å². The van der Waals surface area contributed by atoms with Gasteiger partial charge in [-0.1, -0.05) is 13.0 Å². The number of nitrogens with one attached hydrogen (secondary N) is 2. The number of amides is 2. The number of carbonyl (C=O) groups is 1. The molecule has 0 aromatic carbocycles. The van der Waals surface area contributed by atoms with E-state index in [1.807, 2.05) is 17.5 Å². The van der Waals surface area contributed by atoms with Gasteiger partial charge in [-0.25, -0.2) is 4.79 Å². The molecule has 0 radical (unpaired) electrons. The number of urea groups is 1. The number of hydrogen-bond acceptors (Lipinski definition) is 2. The molecule has 2 amide bonds. The standard InChI is InChI=1S/C9H14N2OS/c1-3-7(11-9(12)10-2)8-5-4-6-13-8/h4-7H,3H2,1-2H3,(H2,10,11,12). The van der Waals surface area contributed by atoms with Gasteiger partial charge in [-0.05, 0) is 17.9 Å². The monoisotopic (exact) mass is 198 g/mol. The molecule has 1 heterocycles. The van der Waals surface area contributed by atoms with Crippen LogP contribution >= 0.6 is 11.3 Å². The van der Waals surface area contributed by atoms with E-state index in [1.165, 1.54) is 4.88 Å². The van der Waals surface area contributed by atoms with Crippen molar-refractivity contribution in [3.8, 4) is 0 Å². The summed E-state index contributed by atoms with van der Waals surface area (Å²) in [7, 11) is 1.62. The average molecular weight is 198 g/mol. The maximum Gasteiger partial charge on any atom is 0.315 e. The highest BCUT2D eigenvalue weighted by atomic mass is 32.1. The van der Waals surface area contributed by atoms with Crippen molar-refractivity contribution < 1.29 is 4.79 Å². The summed E-state index contributed by atoms with van der Waals surface area (Å²) >= 11 is 1.67. The van der Waals surface area contributed by atoms with Crippen LogP contribution < -0.4 is 10.6 Å². The van der Waals surface area contributed by atoms with Crippen LogP contribution in [0.4, 0.5) is 4.79 Å². The second-order valence-corrected chi connectivity index (χ2v) is 3.68. The molecule has 1 atom stereocenters. The number of carbonyl (C=O) groups excluding carboxylic acids is 1. The zero-order chi connectivity index (χ0) is 9.68. The first-order valence-corrected chi connectivity index (χ1v) is 5.17. The molecule has 0 aliphatic carbocycles. The Morgan fingerprint density at radius 1 is 1.69 bits per heavy atom. The maximum atomic E-state index is 11.1. The predicted molar refractivity (Wildman–Crippen MR) is 54.9 cm³/mol. The van der Waals surface area contributed by atoms with E-state index in [4.69, 9.17) is 0 Å². The van der Waals surface area contributed by atoms with Gasteiger partial charge in [-0.2, -0.15) is 0 Å². The van der Waals surface area contributed by atoms with Crippen molar-refractivity contribution in [2.75, 3.05) is 7.05 Å². The first kappa shape index (κ1) is 10.1. The molecule has 13 heavy (non-hydrogen) atoms. The van der Waals surface area contributed by atoms with E-state index in [1.54, 1.807) is 18.4 Å². The molecule has 0 spiro atoms. The second-order valence-electron chi connectivity index (χ2n) is 2.70. The quantitative estimate of drug-likeness (QED) is 0.767. The third-order valence-corrected chi connectivity index (χ3v) is 2.81. The first-order chi connectivity index (χ1) is 6.27. The Morgan fingerprint density at radius 3 is 2.92 bits per heavy atom. The van der Waals surface area contributed by atoms with Gasteiger partial charge in [0.05, 0.1) is 6.04 Å². The molecule has 1 aromatic heterocycles. The van der Waals surface area contributed by atoms with E-state index in [9.17, 15) is 4.79 Å². The fourth-order valence-corrected chi connectivity index (χ4v) is 1.96. The van der Waals surface area contributed by atoms with Gasteiger partial charge in [-0.15, -0.1) is 11.3 Å². The predicted octanol–water partition coefficient (Wildman–Crippen LogP) is 2.13. The highest BCUT2D eigenvalue weighted by Gasteiger charge is 2.11. The molecule has 1 rings (SSSR count). The van der Waals surface area contributed by atoms with Gasteiger partial charge < -0.3 is 10.6 Å². The van der Waals surface area contributed by atoms with Crippen LogP contribution in [0.25, 0.3) is 0 Å². The van der Waals surface area contributed by atoms with Gasteiger partial charge in [0.15, 0.2) is 0 Å². The molecule has 0 bridgehead atoms. The highest BCUT2D eigenvalue weighted by Crippen LogP contribution is 2.21. The zero-order valence-electron chi connectivity index (χ0n) is 7.83. The van der Waals surface area contributed by atoms with Crippen LogP contribution in [0.3, 0.4) is 0 Å². The summed E-state index contributed by atoms with van der Waals surface area (Å²) < 4.78 is 0. The lowest BCUT2D eigenvalue weighted by Gasteiger charge is -2.14. The Balaban J connectivity index is 2.58. The molecule has 4 heteroatoms. The summed E-state index contributed by atoms with van der Waals surface area (Å²) in [5.41, 5.74) is 0. The Bertz CT molecular complexity index is 259. The number of rotatable bonds is 3. The summed E-state index contributed by atoms with van der Waals surface area (Å²) in [5.74, 6) is 0. The Morgan fingerprint density at radius 2 is 2.46 bits per heavy atom. The molecule has 0 saturated carbocycles. The van der Waals surface area contributed by atoms with Crippen molar-refractivity contribution in [3.63, 3.8) is 0 Å². The number of thiophene rings is 1. The summed E-state index contributed by atoms with van der Waals surface area (Å²) in [4.78, 5) is 12.3. The molecular formula is C9H14N2OS. The molecule has 72 valence electrons. The molecule has 0 aliphatic rings. The van der Waals surface area contributed by atoms with Gasteiger partial charge in [0.2, 0.25) is 0 Å². The minimum Gasteiger partial charge on any atom is -0.341 e. The third kappa shape index (κ3) is 2.73. The molecule has 1 unspecified atom stereocenters. The van der Waals surface area contributed by atoms with Crippen LogP contribution in [0.1, 0.15) is 24.3 Å². The van der Waals surface area contributed by atoms with Crippen LogP contribution in [0.5, 0.6) is 0 Å². The average Bonchev–Trinajstić information content (AvgIpc) is 2.66. The Labute approximate surface area is 82.2 Å². The van der Waals surface area contributed by atoms with Gasteiger partial charge in [0.1, 0.15) is 0 Å². The van der Waals surface area contributed by atoms with E-state index in [-0.39, 0.29) is 12.1 Å². The smallest absolute Gasteiger partial charge is 0.315 e. The fraction of sp³-hybridized carbons (Fsp3) is 0.444. The SMILES string of the molecule is CCC(NC(=O)NC)c1cccs1. The number of hydrogen-bond donors (Lipinski definition) is 2. The van der Waals surface area contributed by atoms with Crippen molar-refractivity contribution >= 4 is 17.4 Å². The largest absolute Gasteiger partial charge is 0.341 e. The fourth-order valence-electron chi connectivity index (χ4n) is 1.09. The molecule has 0 fully saturated rings. The van der Waals surface area contributed by atoms with Gasteiger partial charge in [0, 0.05) is 11.9 Å². The molecule has 3 nitrogen and oxygen atoms in total. The summed E-state index contributed by atoms with van der Waals surface area (Å²) in [6, 6.07) is 4.04. The normalized spacial score (nSPS) is 12.2. The van der Waals surface area contributed by atoms with Gasteiger partial charge in [0.25, 0.3) is 0 Å². The zero-order valence-corrected chi connectivity index (χ0v) is 8.65. The Hall–Kier alpha value is -1.03. The summed E-state index contributed by atoms with van der Waals surface area (Å²) in [6.45, 7) is 2.06. The van der Waals surface area contributed by atoms with Crippen molar-refractivity contribution in [1.29, 1.82) is 0 Å². The van der Waals surface area contributed by atoms with Crippen molar-refractivity contribution in [3.05, 3.63) is 22.4 Å². The summed E-state index contributed by atoms with van der Waals surface area (Å²) in [5, 5.41) is 7.44. The topological polar surface area (TPSA) is 41.1 Å². The molecule has 1 aromatic rings. The van der Waals surface area contributed by atoms with E-state index in [2.05, 4.69) is 17.6 Å². The van der Waals surface area contributed by atoms with E-state index >= 15 is 0 Å². The van der Waals surface area contributed by atoms with Crippen molar-refractivity contribution in [1.82, 2.24) is 10.6 Å². The van der Waals surface area contributed by atoms with Crippen LogP contribution in [0, 0.1) is 0 Å². The maximum absolute atomic E-state index is 11.1.